The number of hydrogen-bond donors (Lipinski definition) is 1. The highest BCUT2D eigenvalue weighted by molar-refractivity contribution is 7.90. The summed E-state index contributed by atoms with van der Waals surface area (Å²) in [5, 5.41) is 0.750. The predicted octanol–water partition coefficient (Wildman–Crippen LogP) is 3.94. The molecule has 1 aromatic heterocycles. The number of carbonyl (C=O) groups excluding carboxylic acids is 1. The van der Waals surface area contributed by atoms with Crippen LogP contribution in [0.3, 0.4) is 0 Å². The Hall–Kier alpha value is -3.00. The zero-order chi connectivity index (χ0) is 21.6. The van der Waals surface area contributed by atoms with Crippen LogP contribution in [-0.2, 0) is 10.0 Å². The molecule has 3 aromatic rings. The van der Waals surface area contributed by atoms with Gasteiger partial charge < -0.3 is 14.1 Å². The topological polar surface area (TPSA) is 88.8 Å². The summed E-state index contributed by atoms with van der Waals surface area (Å²) < 4.78 is 38.7. The van der Waals surface area contributed by atoms with Crippen LogP contribution in [0.25, 0.3) is 11.0 Å². The molecule has 1 saturated carbocycles. The Kier molecular flexibility index (Phi) is 4.69. The monoisotopic (exact) mass is 440 g/mol. The number of hydrogen-bond acceptors (Lipinski definition) is 6. The number of nitrogens with zero attached hydrogens (tertiary/aromatic N) is 1. The first-order valence-corrected chi connectivity index (χ1v) is 12.0. The van der Waals surface area contributed by atoms with Crippen LogP contribution in [-0.4, -0.2) is 34.0 Å². The first-order chi connectivity index (χ1) is 14.9. The smallest absolute Gasteiger partial charge is 0.300 e. The van der Waals surface area contributed by atoms with Crippen LogP contribution in [0.4, 0.5) is 5.69 Å². The minimum Gasteiger partial charge on any atom is -0.492 e. The molecule has 0 radical (unpaired) electrons. The van der Waals surface area contributed by atoms with Crippen molar-refractivity contribution in [3.8, 4) is 5.75 Å². The lowest BCUT2D eigenvalue weighted by Crippen LogP contribution is -2.59. The van der Waals surface area contributed by atoms with Crippen LogP contribution in [0.2, 0.25) is 0 Å². The number of anilines is 1. The van der Waals surface area contributed by atoms with Crippen molar-refractivity contribution in [3.05, 3.63) is 54.3 Å². The molecule has 0 bridgehead atoms. The van der Waals surface area contributed by atoms with Gasteiger partial charge in [-0.2, -0.15) is 0 Å². The van der Waals surface area contributed by atoms with Crippen molar-refractivity contribution in [2.75, 3.05) is 24.6 Å². The summed E-state index contributed by atoms with van der Waals surface area (Å²) in [4.78, 5) is 14.9. The van der Waals surface area contributed by atoms with E-state index in [9.17, 15) is 13.2 Å². The zero-order valence-electron chi connectivity index (χ0n) is 17.3. The van der Waals surface area contributed by atoms with Crippen LogP contribution in [0.5, 0.6) is 5.75 Å². The second-order valence-corrected chi connectivity index (χ2v) is 10.0. The van der Waals surface area contributed by atoms with Crippen LogP contribution >= 0.6 is 0 Å². The largest absolute Gasteiger partial charge is 0.492 e. The molecule has 5 rings (SSSR count). The highest BCUT2D eigenvalue weighted by Crippen LogP contribution is 2.49. The molecule has 1 aliphatic carbocycles. The van der Waals surface area contributed by atoms with Gasteiger partial charge in [0.15, 0.2) is 5.76 Å². The van der Waals surface area contributed by atoms with E-state index in [1.165, 1.54) is 25.3 Å². The van der Waals surface area contributed by atoms with Gasteiger partial charge in [-0.05, 0) is 50.1 Å². The molecule has 2 fully saturated rings. The van der Waals surface area contributed by atoms with E-state index in [1.807, 2.05) is 18.2 Å². The molecular formula is C23H24N2O5S. The third-order valence-corrected chi connectivity index (χ3v) is 7.60. The number of amides is 1. The molecule has 7 nitrogen and oxygen atoms in total. The van der Waals surface area contributed by atoms with Gasteiger partial charge in [-0.1, -0.05) is 18.6 Å². The summed E-state index contributed by atoms with van der Waals surface area (Å²) in [6.07, 6.45) is 3.93. The lowest BCUT2D eigenvalue weighted by atomic mass is 9.63. The minimum atomic E-state index is -4.12. The van der Waals surface area contributed by atoms with Crippen molar-refractivity contribution in [1.29, 1.82) is 0 Å². The van der Waals surface area contributed by atoms with Gasteiger partial charge in [-0.15, -0.1) is 0 Å². The molecule has 2 aliphatic rings. The summed E-state index contributed by atoms with van der Waals surface area (Å²) in [7, 11) is -4.12. The normalized spacial score (nSPS) is 17.3. The molecule has 31 heavy (non-hydrogen) atoms. The first kappa shape index (κ1) is 19.9. The number of fused-ring (bicyclic) bond motifs is 1. The van der Waals surface area contributed by atoms with Crippen molar-refractivity contribution in [2.45, 2.75) is 31.1 Å². The number of sulfonamides is 1. The molecule has 8 heteroatoms. The summed E-state index contributed by atoms with van der Waals surface area (Å²) in [6.45, 7) is 4.19. The summed E-state index contributed by atoms with van der Waals surface area (Å²) in [6, 6.07) is 13.6. The second kappa shape index (κ2) is 7.30. The van der Waals surface area contributed by atoms with E-state index in [-0.39, 0.29) is 16.4 Å². The Morgan fingerprint density at radius 2 is 1.94 bits per heavy atom. The van der Waals surface area contributed by atoms with Crippen LogP contribution in [0.15, 0.2) is 57.8 Å². The minimum absolute atomic E-state index is 0.0521. The maximum atomic E-state index is 12.8. The highest BCUT2D eigenvalue weighted by atomic mass is 32.2. The standard InChI is InChI=1S/C23H24N2O5S/c1-2-29-18-6-3-4-7-21(18)31(27,28)24-22(26)20-12-16-8-9-17(13-19(16)30-20)25-14-23(15-25)10-5-11-23/h3-4,6-9,12-13H,2,5,10-11,14-15H2,1H3,(H,24,26). The van der Waals surface area contributed by atoms with Gasteiger partial charge in [0, 0.05) is 35.6 Å². The van der Waals surface area contributed by atoms with E-state index in [4.69, 9.17) is 9.15 Å². The molecule has 1 amide bonds. The number of benzene rings is 2. The molecule has 162 valence electrons. The van der Waals surface area contributed by atoms with E-state index in [0.29, 0.717) is 17.6 Å². The maximum absolute atomic E-state index is 12.8. The van der Waals surface area contributed by atoms with Crippen LogP contribution < -0.4 is 14.4 Å². The Morgan fingerprint density at radius 1 is 1.16 bits per heavy atom. The first-order valence-electron chi connectivity index (χ1n) is 10.5. The summed E-state index contributed by atoms with van der Waals surface area (Å²) in [5.41, 5.74) is 2.13. The molecule has 0 atom stereocenters. The Morgan fingerprint density at radius 3 is 2.65 bits per heavy atom. The fourth-order valence-corrected chi connectivity index (χ4v) is 5.55. The second-order valence-electron chi connectivity index (χ2n) is 8.36. The zero-order valence-corrected chi connectivity index (χ0v) is 18.1. The molecule has 1 N–H and O–H groups in total. The molecule has 0 unspecified atom stereocenters. The van der Waals surface area contributed by atoms with Crippen molar-refractivity contribution in [3.63, 3.8) is 0 Å². The number of nitrogens with one attached hydrogen (secondary N) is 1. The van der Waals surface area contributed by atoms with Crippen molar-refractivity contribution in [2.24, 2.45) is 5.41 Å². The average Bonchev–Trinajstić information content (AvgIpc) is 3.10. The lowest BCUT2D eigenvalue weighted by molar-refractivity contribution is 0.0904. The Labute approximate surface area is 181 Å². The van der Waals surface area contributed by atoms with Crippen molar-refractivity contribution in [1.82, 2.24) is 4.72 Å². The third-order valence-electron chi connectivity index (χ3n) is 6.22. The summed E-state index contributed by atoms with van der Waals surface area (Å²) >= 11 is 0. The fraction of sp³-hybridized carbons (Fsp3) is 0.348. The average molecular weight is 441 g/mol. The quantitative estimate of drug-likeness (QED) is 0.625. The molecule has 2 aromatic carbocycles. The van der Waals surface area contributed by atoms with E-state index >= 15 is 0 Å². The van der Waals surface area contributed by atoms with E-state index in [1.54, 1.807) is 31.2 Å². The molecule has 2 heterocycles. The summed E-state index contributed by atoms with van der Waals surface area (Å²) in [5.74, 6) is -0.677. The van der Waals surface area contributed by atoms with Crippen LogP contribution in [0, 0.1) is 5.41 Å². The van der Waals surface area contributed by atoms with Crippen molar-refractivity contribution < 1.29 is 22.4 Å². The Balaban J connectivity index is 1.35. The van der Waals surface area contributed by atoms with Gasteiger partial charge in [0.1, 0.15) is 16.2 Å². The number of carbonyl (C=O) groups is 1. The molecule has 1 aliphatic heterocycles. The van der Waals surface area contributed by atoms with Gasteiger partial charge in [0.25, 0.3) is 10.0 Å². The van der Waals surface area contributed by atoms with Gasteiger partial charge in [0.05, 0.1) is 6.61 Å². The maximum Gasteiger partial charge on any atom is 0.300 e. The number of furan rings is 1. The number of para-hydroxylation sites is 1. The van der Waals surface area contributed by atoms with Crippen molar-refractivity contribution >= 4 is 32.6 Å². The van der Waals surface area contributed by atoms with E-state index < -0.39 is 15.9 Å². The third kappa shape index (κ3) is 3.54. The van der Waals surface area contributed by atoms with Gasteiger partial charge in [-0.25, -0.2) is 13.1 Å². The fourth-order valence-electron chi connectivity index (χ4n) is 4.44. The van der Waals surface area contributed by atoms with Gasteiger partial charge >= 0.3 is 5.91 Å². The van der Waals surface area contributed by atoms with E-state index in [2.05, 4.69) is 9.62 Å². The van der Waals surface area contributed by atoms with E-state index in [0.717, 1.165) is 24.2 Å². The molecular weight excluding hydrogens is 416 g/mol. The SMILES string of the molecule is CCOc1ccccc1S(=O)(=O)NC(=O)c1cc2ccc(N3CC4(CCC4)C3)cc2o1. The number of ether oxygens (including phenoxy) is 1. The van der Waals surface area contributed by atoms with Crippen LogP contribution in [0.1, 0.15) is 36.7 Å². The number of rotatable bonds is 6. The van der Waals surface area contributed by atoms with Gasteiger partial charge in [0.2, 0.25) is 0 Å². The lowest BCUT2D eigenvalue weighted by Gasteiger charge is -2.57. The predicted molar refractivity (Wildman–Crippen MR) is 117 cm³/mol. The molecule has 1 saturated heterocycles. The van der Waals surface area contributed by atoms with Gasteiger partial charge in [-0.3, -0.25) is 4.79 Å². The Bertz CT molecular complexity index is 1250. The molecule has 1 spiro atoms. The highest BCUT2D eigenvalue weighted by Gasteiger charge is 2.47.